The average Bonchev–Trinajstić information content (AvgIpc) is 2.34. The minimum absolute atomic E-state index is 0.619. The zero-order valence-electron chi connectivity index (χ0n) is 5.66. The molecule has 0 N–H and O–H groups in total. The Morgan fingerprint density at radius 1 is 1.55 bits per heavy atom. The molecule has 0 aliphatic carbocycles. The summed E-state index contributed by atoms with van der Waals surface area (Å²) in [5.41, 5.74) is 1.53. The van der Waals surface area contributed by atoms with Gasteiger partial charge in [-0.05, 0) is 6.07 Å². The van der Waals surface area contributed by atoms with Crippen LogP contribution in [-0.4, -0.2) is 17.2 Å². The SMILES string of the molecule is [B]c1cc(Cl)cn2cncc12. The minimum atomic E-state index is 0.619. The summed E-state index contributed by atoms with van der Waals surface area (Å²) < 4.78 is 1.79. The third-order valence-corrected chi connectivity index (χ3v) is 1.72. The normalized spacial score (nSPS) is 10.6. The second-order valence-electron chi connectivity index (χ2n) is 2.30. The van der Waals surface area contributed by atoms with Crippen LogP contribution in [0.5, 0.6) is 0 Å². The Morgan fingerprint density at radius 3 is 3.18 bits per heavy atom. The van der Waals surface area contributed by atoms with E-state index in [9.17, 15) is 0 Å². The lowest BCUT2D eigenvalue weighted by Gasteiger charge is -1.98. The predicted octanol–water partition coefficient (Wildman–Crippen LogP) is 0.781. The van der Waals surface area contributed by atoms with Crippen LogP contribution in [0.1, 0.15) is 0 Å². The van der Waals surface area contributed by atoms with Crippen LogP contribution in [0.4, 0.5) is 0 Å². The molecule has 4 heteroatoms. The fraction of sp³-hybridized carbons (Fsp3) is 0. The van der Waals surface area contributed by atoms with Crippen LogP contribution >= 0.6 is 11.6 Å². The van der Waals surface area contributed by atoms with Crippen molar-refractivity contribution in [3.63, 3.8) is 0 Å². The summed E-state index contributed by atoms with van der Waals surface area (Å²) in [5, 5.41) is 0.619. The highest BCUT2D eigenvalue weighted by molar-refractivity contribution is 6.39. The highest BCUT2D eigenvalue weighted by Gasteiger charge is 1.97. The van der Waals surface area contributed by atoms with Crippen molar-refractivity contribution in [3.05, 3.63) is 29.8 Å². The Hall–Kier alpha value is -0.955. The van der Waals surface area contributed by atoms with Gasteiger partial charge in [-0.25, -0.2) is 4.98 Å². The summed E-state index contributed by atoms with van der Waals surface area (Å²) in [7, 11) is 5.66. The highest BCUT2D eigenvalue weighted by atomic mass is 35.5. The Bertz CT molecular complexity index is 396. The first kappa shape index (κ1) is 6.74. The molecule has 2 aromatic rings. The fourth-order valence-corrected chi connectivity index (χ4v) is 1.25. The average molecular weight is 162 g/mol. The monoisotopic (exact) mass is 162 g/mol. The standard InChI is InChI=1S/C7H4BClN2/c8-6-1-5(9)3-11-4-10-2-7(6)11/h1-4H. The summed E-state index contributed by atoms with van der Waals surface area (Å²) in [6.45, 7) is 0. The first-order valence-electron chi connectivity index (χ1n) is 3.14. The van der Waals surface area contributed by atoms with Crippen molar-refractivity contribution in [2.45, 2.75) is 0 Å². The number of fused-ring (bicyclic) bond motifs is 1. The summed E-state index contributed by atoms with van der Waals surface area (Å²) in [5.74, 6) is 0. The lowest BCUT2D eigenvalue weighted by molar-refractivity contribution is 1.16. The summed E-state index contributed by atoms with van der Waals surface area (Å²) in [6, 6.07) is 1.71. The van der Waals surface area contributed by atoms with Crippen molar-refractivity contribution < 1.29 is 0 Å². The van der Waals surface area contributed by atoms with E-state index in [0.29, 0.717) is 10.5 Å². The van der Waals surface area contributed by atoms with Gasteiger partial charge in [0.15, 0.2) is 0 Å². The van der Waals surface area contributed by atoms with E-state index in [2.05, 4.69) is 4.98 Å². The minimum Gasteiger partial charge on any atom is -0.305 e. The van der Waals surface area contributed by atoms with Gasteiger partial charge in [0.2, 0.25) is 0 Å². The van der Waals surface area contributed by atoms with Crippen molar-refractivity contribution >= 4 is 30.4 Å². The molecule has 0 bridgehead atoms. The molecule has 2 aromatic heterocycles. The van der Waals surface area contributed by atoms with Gasteiger partial charge in [0.25, 0.3) is 0 Å². The van der Waals surface area contributed by atoms with Gasteiger partial charge in [0.05, 0.1) is 23.1 Å². The predicted molar refractivity (Wildman–Crippen MR) is 45.6 cm³/mol. The van der Waals surface area contributed by atoms with Crippen LogP contribution < -0.4 is 5.46 Å². The van der Waals surface area contributed by atoms with Crippen LogP contribution in [0.25, 0.3) is 5.52 Å². The van der Waals surface area contributed by atoms with Gasteiger partial charge in [0.1, 0.15) is 7.85 Å². The number of hydrogen-bond donors (Lipinski definition) is 0. The van der Waals surface area contributed by atoms with E-state index in [4.69, 9.17) is 19.4 Å². The number of nitrogens with zero attached hydrogens (tertiary/aromatic N) is 2. The molecule has 0 saturated heterocycles. The summed E-state index contributed by atoms with van der Waals surface area (Å²) >= 11 is 5.75. The Balaban J connectivity index is 2.91. The van der Waals surface area contributed by atoms with Gasteiger partial charge in [-0.1, -0.05) is 17.1 Å². The molecule has 2 radical (unpaired) electrons. The van der Waals surface area contributed by atoms with Gasteiger partial charge in [-0.3, -0.25) is 0 Å². The van der Waals surface area contributed by atoms with E-state index < -0.39 is 0 Å². The van der Waals surface area contributed by atoms with E-state index in [1.165, 1.54) is 0 Å². The molecule has 0 amide bonds. The van der Waals surface area contributed by atoms with Gasteiger partial charge >= 0.3 is 0 Å². The third-order valence-electron chi connectivity index (χ3n) is 1.52. The fourth-order valence-electron chi connectivity index (χ4n) is 1.02. The van der Waals surface area contributed by atoms with Crippen LogP contribution in [0.15, 0.2) is 24.8 Å². The Labute approximate surface area is 70.2 Å². The molecule has 0 saturated carbocycles. The second kappa shape index (κ2) is 2.27. The maximum absolute atomic E-state index is 5.75. The third kappa shape index (κ3) is 1.01. The molecule has 0 aromatic carbocycles. The number of hydrogen-bond acceptors (Lipinski definition) is 1. The molecule has 2 rings (SSSR count). The van der Waals surface area contributed by atoms with E-state index in [1.807, 2.05) is 0 Å². The Morgan fingerprint density at radius 2 is 2.36 bits per heavy atom. The van der Waals surface area contributed by atoms with Crippen molar-refractivity contribution in [1.82, 2.24) is 9.38 Å². The van der Waals surface area contributed by atoms with Crippen LogP contribution in [0.2, 0.25) is 5.02 Å². The van der Waals surface area contributed by atoms with Crippen LogP contribution in [0, 0.1) is 0 Å². The molecular formula is C7H4BClN2. The zero-order chi connectivity index (χ0) is 7.84. The molecule has 2 nitrogen and oxygen atoms in total. The molecule has 0 aliphatic heterocycles. The quantitative estimate of drug-likeness (QED) is 0.523. The number of halogens is 1. The van der Waals surface area contributed by atoms with Crippen LogP contribution in [-0.2, 0) is 0 Å². The molecule has 2 heterocycles. The van der Waals surface area contributed by atoms with E-state index in [-0.39, 0.29) is 0 Å². The van der Waals surface area contributed by atoms with Crippen molar-refractivity contribution in [3.8, 4) is 0 Å². The number of aromatic nitrogens is 2. The topological polar surface area (TPSA) is 17.3 Å². The van der Waals surface area contributed by atoms with Crippen molar-refractivity contribution in [2.24, 2.45) is 0 Å². The maximum Gasteiger partial charge on any atom is 0.116 e. The first-order chi connectivity index (χ1) is 5.27. The second-order valence-corrected chi connectivity index (χ2v) is 2.74. The van der Waals surface area contributed by atoms with Gasteiger partial charge in [-0.15, -0.1) is 0 Å². The largest absolute Gasteiger partial charge is 0.305 e. The number of pyridine rings is 1. The molecular weight excluding hydrogens is 158 g/mol. The molecule has 52 valence electrons. The molecule has 0 unspecified atom stereocenters. The number of rotatable bonds is 0. The van der Waals surface area contributed by atoms with Crippen molar-refractivity contribution in [2.75, 3.05) is 0 Å². The van der Waals surface area contributed by atoms with E-state index >= 15 is 0 Å². The van der Waals surface area contributed by atoms with Crippen LogP contribution in [0.3, 0.4) is 0 Å². The molecule has 0 spiro atoms. The molecule has 11 heavy (non-hydrogen) atoms. The first-order valence-corrected chi connectivity index (χ1v) is 3.52. The lowest BCUT2D eigenvalue weighted by atomic mass is 9.96. The zero-order valence-corrected chi connectivity index (χ0v) is 6.42. The number of imidazole rings is 1. The van der Waals surface area contributed by atoms with Gasteiger partial charge in [-0.2, -0.15) is 0 Å². The maximum atomic E-state index is 5.75. The Kier molecular flexibility index (Phi) is 1.39. The van der Waals surface area contributed by atoms with E-state index in [1.54, 1.807) is 29.2 Å². The lowest BCUT2D eigenvalue weighted by Crippen LogP contribution is -2.05. The molecule has 0 atom stereocenters. The highest BCUT2D eigenvalue weighted by Crippen LogP contribution is 2.07. The summed E-state index contributed by atoms with van der Waals surface area (Å²) in [4.78, 5) is 3.93. The molecule has 0 fully saturated rings. The van der Waals surface area contributed by atoms with E-state index in [0.717, 1.165) is 5.52 Å². The smallest absolute Gasteiger partial charge is 0.116 e. The van der Waals surface area contributed by atoms with Gasteiger partial charge < -0.3 is 4.40 Å². The molecule has 0 aliphatic rings. The van der Waals surface area contributed by atoms with Crippen molar-refractivity contribution in [1.29, 1.82) is 0 Å². The summed E-state index contributed by atoms with van der Waals surface area (Å²) in [6.07, 6.45) is 5.13. The van der Waals surface area contributed by atoms with Gasteiger partial charge in [0, 0.05) is 6.20 Å².